The van der Waals surface area contributed by atoms with Crippen LogP contribution in [0, 0.1) is 12.8 Å². The van der Waals surface area contributed by atoms with Gasteiger partial charge in [0, 0.05) is 11.4 Å². The van der Waals surface area contributed by atoms with Crippen molar-refractivity contribution >= 4 is 21.8 Å². The zero-order valence-corrected chi connectivity index (χ0v) is 14.1. The highest BCUT2D eigenvalue weighted by Crippen LogP contribution is 2.13. The van der Waals surface area contributed by atoms with E-state index in [1.54, 1.807) is 0 Å². The predicted molar refractivity (Wildman–Crippen MR) is 86.5 cm³/mol. The Morgan fingerprint density at radius 1 is 1.40 bits per heavy atom. The largest absolute Gasteiger partial charge is 0.493 e. The van der Waals surface area contributed by atoms with Gasteiger partial charge >= 0.3 is 0 Å². The molecule has 1 unspecified atom stereocenters. The second-order valence-corrected chi connectivity index (χ2v) is 6.74. The van der Waals surface area contributed by atoms with Gasteiger partial charge < -0.3 is 10.1 Å². The first kappa shape index (κ1) is 17.0. The smallest absolute Gasteiger partial charge is 0.223 e. The van der Waals surface area contributed by atoms with E-state index >= 15 is 0 Å². The fourth-order valence-electron chi connectivity index (χ4n) is 1.87. The van der Waals surface area contributed by atoms with Crippen molar-refractivity contribution in [3.8, 4) is 5.75 Å². The van der Waals surface area contributed by atoms with Crippen LogP contribution in [0.3, 0.4) is 0 Å². The zero-order valence-electron chi connectivity index (χ0n) is 12.5. The molecule has 0 aliphatic heterocycles. The maximum Gasteiger partial charge on any atom is 0.223 e. The third kappa shape index (κ3) is 7.53. The molecule has 20 heavy (non-hydrogen) atoms. The number of hydrogen-bond donors (Lipinski definition) is 1. The summed E-state index contributed by atoms with van der Waals surface area (Å²) in [6, 6.07) is 7.84. The number of alkyl halides is 1. The Labute approximate surface area is 130 Å². The van der Waals surface area contributed by atoms with Crippen molar-refractivity contribution in [1.29, 1.82) is 0 Å². The van der Waals surface area contributed by atoms with Crippen molar-refractivity contribution in [2.75, 3.05) is 13.2 Å². The molecule has 4 heteroatoms. The van der Waals surface area contributed by atoms with E-state index in [4.69, 9.17) is 4.74 Å². The predicted octanol–water partition coefficient (Wildman–Crippen LogP) is 3.69. The number of benzene rings is 1. The maximum absolute atomic E-state index is 11.7. The topological polar surface area (TPSA) is 38.3 Å². The average molecular weight is 342 g/mol. The SMILES string of the molecule is Cc1cccc(OCCC(=O)NCC(Br)CC(C)C)c1. The number of carbonyl (C=O) groups is 1. The fraction of sp³-hybridized carbons (Fsp3) is 0.562. The highest BCUT2D eigenvalue weighted by molar-refractivity contribution is 9.09. The van der Waals surface area contributed by atoms with Crippen LogP contribution >= 0.6 is 15.9 Å². The minimum atomic E-state index is 0.0332. The van der Waals surface area contributed by atoms with E-state index in [1.807, 2.05) is 31.2 Å². The third-order valence-corrected chi connectivity index (χ3v) is 3.53. The molecule has 1 N–H and O–H groups in total. The molecule has 1 amide bonds. The molecular weight excluding hydrogens is 318 g/mol. The molecule has 0 aromatic heterocycles. The highest BCUT2D eigenvalue weighted by Gasteiger charge is 2.09. The van der Waals surface area contributed by atoms with Gasteiger partial charge in [-0.2, -0.15) is 0 Å². The van der Waals surface area contributed by atoms with Crippen LogP contribution in [-0.4, -0.2) is 23.9 Å². The van der Waals surface area contributed by atoms with Crippen LogP contribution in [0.15, 0.2) is 24.3 Å². The molecule has 0 saturated carbocycles. The van der Waals surface area contributed by atoms with Crippen LogP contribution in [0.1, 0.15) is 32.3 Å². The number of amides is 1. The van der Waals surface area contributed by atoms with E-state index in [0.29, 0.717) is 30.3 Å². The molecule has 112 valence electrons. The lowest BCUT2D eigenvalue weighted by Gasteiger charge is -2.13. The van der Waals surface area contributed by atoms with E-state index in [9.17, 15) is 4.79 Å². The van der Waals surface area contributed by atoms with Crippen LogP contribution in [0.25, 0.3) is 0 Å². The lowest BCUT2D eigenvalue weighted by atomic mass is 10.1. The van der Waals surface area contributed by atoms with Crippen molar-refractivity contribution in [2.24, 2.45) is 5.92 Å². The lowest BCUT2D eigenvalue weighted by molar-refractivity contribution is -0.121. The maximum atomic E-state index is 11.7. The molecule has 0 radical (unpaired) electrons. The molecule has 1 aromatic rings. The van der Waals surface area contributed by atoms with Crippen LogP contribution < -0.4 is 10.1 Å². The summed E-state index contributed by atoms with van der Waals surface area (Å²) in [5, 5.41) is 2.92. The summed E-state index contributed by atoms with van der Waals surface area (Å²) in [6.45, 7) is 7.44. The molecule has 3 nitrogen and oxygen atoms in total. The summed E-state index contributed by atoms with van der Waals surface area (Å²) in [4.78, 5) is 12.0. The molecule has 0 bridgehead atoms. The Morgan fingerprint density at radius 3 is 2.80 bits per heavy atom. The normalized spacial score (nSPS) is 12.2. The molecule has 0 fully saturated rings. The minimum Gasteiger partial charge on any atom is -0.493 e. The van der Waals surface area contributed by atoms with Crippen molar-refractivity contribution in [2.45, 2.75) is 38.4 Å². The van der Waals surface area contributed by atoms with Gasteiger partial charge in [0.1, 0.15) is 5.75 Å². The summed E-state index contributed by atoms with van der Waals surface area (Å²) in [5.41, 5.74) is 1.16. The van der Waals surface area contributed by atoms with Gasteiger partial charge in [-0.25, -0.2) is 0 Å². The summed E-state index contributed by atoms with van der Waals surface area (Å²) >= 11 is 3.57. The zero-order chi connectivity index (χ0) is 15.0. The van der Waals surface area contributed by atoms with Gasteiger partial charge in [-0.15, -0.1) is 0 Å². The molecule has 0 heterocycles. The van der Waals surface area contributed by atoms with Crippen LogP contribution in [0.4, 0.5) is 0 Å². The molecule has 1 atom stereocenters. The van der Waals surface area contributed by atoms with E-state index in [2.05, 4.69) is 35.1 Å². The molecule has 0 saturated heterocycles. The first-order chi connectivity index (χ1) is 9.47. The number of rotatable bonds is 8. The first-order valence-electron chi connectivity index (χ1n) is 7.07. The second kappa shape index (κ2) is 9.01. The van der Waals surface area contributed by atoms with Crippen LogP contribution in [0.5, 0.6) is 5.75 Å². The number of hydrogen-bond acceptors (Lipinski definition) is 2. The summed E-state index contributed by atoms with van der Waals surface area (Å²) in [5.74, 6) is 1.47. The van der Waals surface area contributed by atoms with E-state index in [1.165, 1.54) is 0 Å². The van der Waals surface area contributed by atoms with Gasteiger partial charge in [-0.1, -0.05) is 41.9 Å². The molecule has 1 aromatic carbocycles. The summed E-state index contributed by atoms with van der Waals surface area (Å²) in [6.07, 6.45) is 1.44. The summed E-state index contributed by atoms with van der Waals surface area (Å²) < 4.78 is 5.56. The minimum absolute atomic E-state index is 0.0332. The van der Waals surface area contributed by atoms with Gasteiger partial charge in [0.25, 0.3) is 0 Å². The number of aryl methyl sites for hydroxylation is 1. The molecular formula is C16H24BrNO2. The fourth-order valence-corrected chi connectivity index (χ4v) is 2.78. The lowest BCUT2D eigenvalue weighted by Crippen LogP contribution is -2.31. The van der Waals surface area contributed by atoms with Crippen LogP contribution in [-0.2, 0) is 4.79 Å². The van der Waals surface area contributed by atoms with E-state index in [0.717, 1.165) is 17.7 Å². The van der Waals surface area contributed by atoms with Crippen molar-refractivity contribution in [1.82, 2.24) is 5.32 Å². The highest BCUT2D eigenvalue weighted by atomic mass is 79.9. The molecule has 0 spiro atoms. The third-order valence-electron chi connectivity index (χ3n) is 2.84. The standard InChI is InChI=1S/C16H24BrNO2/c1-12(2)9-14(17)11-18-16(19)7-8-20-15-6-4-5-13(3)10-15/h4-6,10,12,14H,7-9,11H2,1-3H3,(H,18,19). The van der Waals surface area contributed by atoms with Crippen molar-refractivity contribution in [3.05, 3.63) is 29.8 Å². The quantitative estimate of drug-likeness (QED) is 0.732. The molecule has 1 rings (SSSR count). The molecule has 0 aliphatic rings. The number of nitrogens with one attached hydrogen (secondary N) is 1. The van der Waals surface area contributed by atoms with Gasteiger partial charge in [0.05, 0.1) is 13.0 Å². The Morgan fingerprint density at radius 2 is 2.15 bits per heavy atom. The summed E-state index contributed by atoms with van der Waals surface area (Å²) in [7, 11) is 0. The Hall–Kier alpha value is -1.03. The van der Waals surface area contributed by atoms with Crippen LogP contribution in [0.2, 0.25) is 0 Å². The van der Waals surface area contributed by atoms with Gasteiger partial charge in [-0.3, -0.25) is 4.79 Å². The number of ether oxygens (including phenoxy) is 1. The Bertz CT molecular complexity index is 421. The number of carbonyl (C=O) groups excluding carboxylic acids is 1. The Kier molecular flexibility index (Phi) is 7.67. The average Bonchev–Trinajstić information content (AvgIpc) is 2.36. The molecule has 0 aliphatic carbocycles. The number of halogens is 1. The van der Waals surface area contributed by atoms with Gasteiger partial charge in [-0.05, 0) is 37.0 Å². The van der Waals surface area contributed by atoms with Crippen molar-refractivity contribution < 1.29 is 9.53 Å². The Balaban J connectivity index is 2.17. The van der Waals surface area contributed by atoms with Crippen molar-refractivity contribution in [3.63, 3.8) is 0 Å². The van der Waals surface area contributed by atoms with Gasteiger partial charge in [0.15, 0.2) is 0 Å². The van der Waals surface area contributed by atoms with E-state index < -0.39 is 0 Å². The van der Waals surface area contributed by atoms with E-state index in [-0.39, 0.29) is 5.91 Å². The second-order valence-electron chi connectivity index (χ2n) is 5.45. The van der Waals surface area contributed by atoms with Gasteiger partial charge in [0.2, 0.25) is 5.91 Å². The first-order valence-corrected chi connectivity index (χ1v) is 7.99. The monoisotopic (exact) mass is 341 g/mol.